The third kappa shape index (κ3) is 3.09. The third-order valence-electron chi connectivity index (χ3n) is 3.69. The Labute approximate surface area is 160 Å². The van der Waals surface area contributed by atoms with E-state index in [0.29, 0.717) is 21.2 Å². The summed E-state index contributed by atoms with van der Waals surface area (Å²) in [7, 11) is 0. The van der Waals surface area contributed by atoms with Crippen molar-refractivity contribution in [1.82, 2.24) is 14.4 Å². The highest BCUT2D eigenvalue weighted by atomic mass is 32.1. The summed E-state index contributed by atoms with van der Waals surface area (Å²) in [5.74, 6) is -0.452. The quantitative estimate of drug-likeness (QED) is 0.483. The molecule has 9 heteroatoms. The van der Waals surface area contributed by atoms with Gasteiger partial charge in [0.2, 0.25) is 0 Å². The molecule has 4 heterocycles. The van der Waals surface area contributed by atoms with Crippen LogP contribution in [0.2, 0.25) is 0 Å². The van der Waals surface area contributed by atoms with E-state index in [1.807, 2.05) is 29.8 Å². The van der Waals surface area contributed by atoms with Gasteiger partial charge in [-0.1, -0.05) is 6.07 Å². The Morgan fingerprint density at radius 3 is 2.88 bits per heavy atom. The number of nitrogens with zero attached hydrogens (tertiary/aromatic N) is 3. The molecule has 0 aromatic carbocycles. The number of aryl methyl sites for hydroxylation is 2. The molecule has 0 saturated carbocycles. The van der Waals surface area contributed by atoms with E-state index in [1.165, 1.54) is 33.1 Å². The minimum Gasteiger partial charge on any atom is -0.455 e. The van der Waals surface area contributed by atoms with Gasteiger partial charge in [-0.05, 0) is 25.3 Å². The Kier molecular flexibility index (Phi) is 4.43. The molecule has 132 valence electrons. The van der Waals surface area contributed by atoms with Gasteiger partial charge in [0.05, 0.1) is 16.3 Å². The molecule has 26 heavy (non-hydrogen) atoms. The first-order valence-corrected chi connectivity index (χ1v) is 10.3. The van der Waals surface area contributed by atoms with Gasteiger partial charge in [-0.15, -0.1) is 34.0 Å². The van der Waals surface area contributed by atoms with Crippen LogP contribution in [0.3, 0.4) is 0 Å². The lowest BCUT2D eigenvalue weighted by atomic mass is 10.4. The molecule has 0 fully saturated rings. The van der Waals surface area contributed by atoms with Crippen molar-refractivity contribution in [2.75, 3.05) is 0 Å². The van der Waals surface area contributed by atoms with Crippen LogP contribution in [0.15, 0.2) is 33.8 Å². The Morgan fingerprint density at radius 1 is 1.27 bits per heavy atom. The van der Waals surface area contributed by atoms with E-state index in [9.17, 15) is 9.59 Å². The van der Waals surface area contributed by atoms with Crippen LogP contribution in [0.5, 0.6) is 0 Å². The first kappa shape index (κ1) is 17.1. The number of carbonyl (C=O) groups is 1. The number of thiazole rings is 2. The van der Waals surface area contributed by atoms with Crippen molar-refractivity contribution in [3.63, 3.8) is 0 Å². The van der Waals surface area contributed by atoms with Crippen molar-refractivity contribution in [2.45, 2.75) is 20.5 Å². The van der Waals surface area contributed by atoms with Crippen LogP contribution >= 0.6 is 34.0 Å². The zero-order chi connectivity index (χ0) is 18.3. The molecule has 4 aromatic rings. The Bertz CT molecular complexity index is 1160. The summed E-state index contributed by atoms with van der Waals surface area (Å²) in [6.45, 7) is 3.59. The Morgan fingerprint density at radius 2 is 2.12 bits per heavy atom. The van der Waals surface area contributed by atoms with Gasteiger partial charge in [-0.2, -0.15) is 0 Å². The number of carbonyl (C=O) groups excluding carboxylic acids is 1. The third-order valence-corrected chi connectivity index (χ3v) is 6.81. The van der Waals surface area contributed by atoms with Crippen molar-refractivity contribution < 1.29 is 9.53 Å². The molecular weight excluding hydrogens is 390 g/mol. The van der Waals surface area contributed by atoms with Crippen molar-refractivity contribution in [3.05, 3.63) is 61.3 Å². The molecule has 0 saturated heterocycles. The molecule has 0 N–H and O–H groups in total. The van der Waals surface area contributed by atoms with Crippen LogP contribution in [0.1, 0.15) is 26.8 Å². The SMILES string of the molecule is Cc1nc(-c2cccs2)sc1C(=O)OCc1cc(=O)n2c(C)csc2n1. The van der Waals surface area contributed by atoms with Gasteiger partial charge in [0.25, 0.3) is 5.56 Å². The molecule has 0 bridgehead atoms. The van der Waals surface area contributed by atoms with E-state index in [1.54, 1.807) is 18.3 Å². The monoisotopic (exact) mass is 403 g/mol. The lowest BCUT2D eigenvalue weighted by molar-refractivity contribution is 0.0472. The second kappa shape index (κ2) is 6.75. The molecule has 0 amide bonds. The second-order valence-corrected chi connectivity index (χ2v) is 8.35. The van der Waals surface area contributed by atoms with Crippen molar-refractivity contribution in [2.24, 2.45) is 0 Å². The number of fused-ring (bicyclic) bond motifs is 1. The van der Waals surface area contributed by atoms with Crippen molar-refractivity contribution >= 4 is 44.9 Å². The summed E-state index contributed by atoms with van der Waals surface area (Å²) >= 11 is 4.27. The number of hydrogen-bond donors (Lipinski definition) is 0. The fourth-order valence-electron chi connectivity index (χ4n) is 2.47. The van der Waals surface area contributed by atoms with E-state index in [0.717, 1.165) is 15.6 Å². The van der Waals surface area contributed by atoms with Crippen molar-refractivity contribution in [3.8, 4) is 9.88 Å². The molecule has 6 nitrogen and oxygen atoms in total. The van der Waals surface area contributed by atoms with Crippen LogP contribution in [0, 0.1) is 13.8 Å². The Hall–Kier alpha value is -2.36. The fraction of sp³-hybridized carbons (Fsp3) is 0.176. The van der Waals surface area contributed by atoms with E-state index in [4.69, 9.17) is 4.74 Å². The highest BCUT2D eigenvalue weighted by molar-refractivity contribution is 7.22. The van der Waals surface area contributed by atoms with E-state index in [-0.39, 0.29) is 12.2 Å². The van der Waals surface area contributed by atoms with Gasteiger partial charge >= 0.3 is 5.97 Å². The van der Waals surface area contributed by atoms with Gasteiger partial charge in [-0.25, -0.2) is 14.8 Å². The molecule has 0 radical (unpaired) electrons. The lowest BCUT2D eigenvalue weighted by Gasteiger charge is -2.04. The van der Waals surface area contributed by atoms with Crippen LogP contribution in [-0.2, 0) is 11.3 Å². The first-order valence-electron chi connectivity index (χ1n) is 7.68. The summed E-state index contributed by atoms with van der Waals surface area (Å²) < 4.78 is 6.90. The molecule has 0 aliphatic carbocycles. The van der Waals surface area contributed by atoms with Crippen LogP contribution in [0.4, 0.5) is 0 Å². The maximum absolute atomic E-state index is 12.4. The van der Waals surface area contributed by atoms with E-state index < -0.39 is 5.97 Å². The number of thiophene rings is 1. The number of aromatic nitrogens is 3. The van der Waals surface area contributed by atoms with Gasteiger partial charge in [0.15, 0.2) is 4.96 Å². The smallest absolute Gasteiger partial charge is 0.350 e. The van der Waals surface area contributed by atoms with E-state index in [2.05, 4.69) is 9.97 Å². The summed E-state index contributed by atoms with van der Waals surface area (Å²) in [6, 6.07) is 5.31. The van der Waals surface area contributed by atoms with Gasteiger partial charge in [0.1, 0.15) is 16.5 Å². The molecular formula is C17H13N3O3S3. The highest BCUT2D eigenvalue weighted by Gasteiger charge is 2.18. The normalized spacial score (nSPS) is 11.2. The number of hydrogen-bond acceptors (Lipinski definition) is 8. The highest BCUT2D eigenvalue weighted by Crippen LogP contribution is 2.31. The molecule has 4 rings (SSSR count). The predicted octanol–water partition coefficient (Wildman–Crippen LogP) is 3.91. The largest absolute Gasteiger partial charge is 0.455 e. The van der Waals surface area contributed by atoms with Gasteiger partial charge in [0, 0.05) is 17.1 Å². The molecule has 0 unspecified atom stereocenters. The average molecular weight is 404 g/mol. The van der Waals surface area contributed by atoms with Crippen molar-refractivity contribution in [1.29, 1.82) is 0 Å². The molecule has 0 atom stereocenters. The summed E-state index contributed by atoms with van der Waals surface area (Å²) in [5.41, 5.74) is 1.74. The zero-order valence-electron chi connectivity index (χ0n) is 13.9. The number of rotatable bonds is 4. The summed E-state index contributed by atoms with van der Waals surface area (Å²) in [6.07, 6.45) is 0. The van der Waals surface area contributed by atoms with Gasteiger partial charge < -0.3 is 4.74 Å². The first-order chi connectivity index (χ1) is 12.5. The summed E-state index contributed by atoms with van der Waals surface area (Å²) in [5, 5.41) is 4.64. The second-order valence-electron chi connectivity index (χ2n) is 5.57. The topological polar surface area (TPSA) is 73.6 Å². The zero-order valence-corrected chi connectivity index (χ0v) is 16.3. The minimum atomic E-state index is -0.452. The molecule has 4 aromatic heterocycles. The number of ether oxygens (including phenoxy) is 1. The fourth-order valence-corrected chi connectivity index (χ4v) is 5.12. The summed E-state index contributed by atoms with van der Waals surface area (Å²) in [4.78, 5) is 35.5. The minimum absolute atomic E-state index is 0.0484. The van der Waals surface area contributed by atoms with Crippen LogP contribution in [0.25, 0.3) is 14.8 Å². The lowest BCUT2D eigenvalue weighted by Crippen LogP contribution is -2.16. The maximum Gasteiger partial charge on any atom is 0.350 e. The Balaban J connectivity index is 1.53. The number of esters is 1. The standard InChI is InChI=1S/C17H13N3O3S3/c1-9-8-25-17-19-11(6-13(21)20(9)17)7-23-16(22)14-10(2)18-15(26-14)12-4-3-5-24-12/h3-6,8H,7H2,1-2H3. The molecule has 0 aliphatic rings. The molecule has 0 aliphatic heterocycles. The molecule has 0 spiro atoms. The van der Waals surface area contributed by atoms with E-state index >= 15 is 0 Å². The maximum atomic E-state index is 12.4. The van der Waals surface area contributed by atoms with Crippen LogP contribution in [-0.4, -0.2) is 20.3 Å². The van der Waals surface area contributed by atoms with Crippen LogP contribution < -0.4 is 5.56 Å². The van der Waals surface area contributed by atoms with Gasteiger partial charge in [-0.3, -0.25) is 9.20 Å². The predicted molar refractivity (Wildman–Crippen MR) is 103 cm³/mol. The average Bonchev–Trinajstić information content (AvgIpc) is 3.33.